The van der Waals surface area contributed by atoms with E-state index in [2.05, 4.69) is 36.2 Å². The minimum Gasteiger partial charge on any atom is -0.344 e. The number of nitrogens with one attached hydrogen (secondary N) is 4. The van der Waals surface area contributed by atoms with Gasteiger partial charge in [0, 0.05) is 31.3 Å². The van der Waals surface area contributed by atoms with Crippen molar-refractivity contribution in [2.45, 2.75) is 129 Å². The van der Waals surface area contributed by atoms with Gasteiger partial charge >= 0.3 is 0 Å². The van der Waals surface area contributed by atoms with Crippen LogP contribution in [-0.2, 0) is 24.0 Å². The van der Waals surface area contributed by atoms with Gasteiger partial charge in [-0.3, -0.25) is 38.7 Å². The number of likely N-dealkylation sites (tertiary alicyclic amines) is 1. The van der Waals surface area contributed by atoms with Crippen LogP contribution in [0, 0.1) is 23.2 Å². The van der Waals surface area contributed by atoms with Crippen molar-refractivity contribution < 1.29 is 28.8 Å². The Kier molecular flexibility index (Phi) is 13.5. The molecule has 54 heavy (non-hydrogen) atoms. The summed E-state index contributed by atoms with van der Waals surface area (Å²) >= 11 is 0. The Labute approximate surface area is 317 Å². The molecule has 2 unspecified atom stereocenters. The normalized spacial score (nSPS) is 22.2. The zero-order valence-corrected chi connectivity index (χ0v) is 32.2. The van der Waals surface area contributed by atoms with Crippen LogP contribution in [0.15, 0.2) is 43.1 Å². The molecular weight excluding hydrogens is 688 g/mol. The molecule has 292 valence electrons. The molecule has 7 atom stereocenters. The topological polar surface area (TPSA) is 192 Å². The summed E-state index contributed by atoms with van der Waals surface area (Å²) in [6.45, 7) is 9.56. The summed E-state index contributed by atoms with van der Waals surface area (Å²) in [4.78, 5) is 96.8. The van der Waals surface area contributed by atoms with Gasteiger partial charge in [-0.1, -0.05) is 59.8 Å². The summed E-state index contributed by atoms with van der Waals surface area (Å²) in [5, 5.41) is 11.5. The first kappa shape index (κ1) is 40.4. The van der Waals surface area contributed by atoms with Gasteiger partial charge in [-0.25, -0.2) is 4.98 Å². The number of rotatable bonds is 14. The first-order valence-electron chi connectivity index (χ1n) is 19.5. The maximum Gasteiger partial charge on any atom is 0.290 e. The lowest BCUT2D eigenvalue weighted by Gasteiger charge is -2.38. The molecule has 1 saturated heterocycles. The third-order valence-corrected chi connectivity index (χ3v) is 11.3. The third kappa shape index (κ3) is 9.67. The van der Waals surface area contributed by atoms with E-state index in [4.69, 9.17) is 0 Å². The molecule has 14 nitrogen and oxygen atoms in total. The van der Waals surface area contributed by atoms with Crippen LogP contribution in [-0.4, -0.2) is 85.9 Å². The first-order valence-corrected chi connectivity index (χ1v) is 19.5. The molecule has 0 aromatic carbocycles. The van der Waals surface area contributed by atoms with Gasteiger partial charge in [0.25, 0.3) is 11.8 Å². The highest BCUT2D eigenvalue weighted by Gasteiger charge is 2.52. The van der Waals surface area contributed by atoms with E-state index in [1.807, 2.05) is 27.7 Å². The standard InChI is InChI=1S/C40H56N8O6/c1-6-11-29(33(49)38(53)44-24(2)25-16-18-41-19-17-25)45-37(52)32-28-15-10-14-27(28)23-48(32)39(54)34(40(3,4)5)47-36(51)31(26-12-8-7-9-13-26)46-35(50)30-22-42-20-21-43-30/h16-22,24,26-29,31-32,34H,6-15,23H2,1-5H3,(H,44,53)(H,45,52)(H,46,50)(H,47,51)/t24-,27?,28?,29-,31-,32-,34+/m0/s1. The Morgan fingerprint density at radius 2 is 1.57 bits per heavy atom. The Hall–Kier alpha value is -4.75. The van der Waals surface area contributed by atoms with E-state index in [9.17, 15) is 28.8 Å². The van der Waals surface area contributed by atoms with Crippen LogP contribution < -0.4 is 21.3 Å². The molecule has 14 heteroatoms. The molecule has 2 aliphatic carbocycles. The molecule has 2 saturated carbocycles. The molecule has 4 N–H and O–H groups in total. The second kappa shape index (κ2) is 18.1. The number of Topliss-reactive ketones (excluding diaryl/α,β-unsaturated/α-hetero) is 1. The summed E-state index contributed by atoms with van der Waals surface area (Å²) in [6, 6.07) is -0.810. The van der Waals surface area contributed by atoms with E-state index in [1.54, 1.807) is 36.4 Å². The zero-order valence-electron chi connectivity index (χ0n) is 32.2. The fourth-order valence-corrected chi connectivity index (χ4v) is 8.39. The average molecular weight is 745 g/mol. The predicted octanol–water partition coefficient (Wildman–Crippen LogP) is 3.44. The number of amides is 5. The highest BCUT2D eigenvalue weighted by Crippen LogP contribution is 2.43. The lowest BCUT2D eigenvalue weighted by atomic mass is 9.82. The van der Waals surface area contributed by atoms with Crippen LogP contribution in [0.4, 0.5) is 0 Å². The number of ketones is 1. The van der Waals surface area contributed by atoms with Crippen molar-refractivity contribution in [3.63, 3.8) is 0 Å². The Morgan fingerprint density at radius 1 is 0.852 bits per heavy atom. The van der Waals surface area contributed by atoms with Crippen LogP contribution in [0.2, 0.25) is 0 Å². The van der Waals surface area contributed by atoms with Crippen molar-refractivity contribution in [2.75, 3.05) is 6.54 Å². The van der Waals surface area contributed by atoms with Crippen LogP contribution >= 0.6 is 0 Å². The molecule has 3 fully saturated rings. The van der Waals surface area contributed by atoms with Gasteiger partial charge in [-0.2, -0.15) is 0 Å². The van der Waals surface area contributed by atoms with Crippen LogP contribution in [0.3, 0.4) is 0 Å². The smallest absolute Gasteiger partial charge is 0.290 e. The van der Waals surface area contributed by atoms with Gasteiger partial charge in [-0.15, -0.1) is 0 Å². The van der Waals surface area contributed by atoms with E-state index in [0.717, 1.165) is 56.9 Å². The van der Waals surface area contributed by atoms with Crippen LogP contribution in [0.25, 0.3) is 0 Å². The van der Waals surface area contributed by atoms with E-state index < -0.39 is 70.9 Å². The molecule has 0 bridgehead atoms. The number of hydrogen-bond donors (Lipinski definition) is 4. The molecule has 3 heterocycles. The van der Waals surface area contributed by atoms with Crippen LogP contribution in [0.5, 0.6) is 0 Å². The van der Waals surface area contributed by atoms with E-state index in [0.29, 0.717) is 13.0 Å². The summed E-state index contributed by atoms with van der Waals surface area (Å²) in [5.74, 6) is -3.56. The summed E-state index contributed by atoms with van der Waals surface area (Å²) in [6.07, 6.45) is 15.2. The number of aromatic nitrogens is 3. The number of nitrogens with zero attached hydrogens (tertiary/aromatic N) is 4. The minimum atomic E-state index is -1.07. The molecule has 5 rings (SSSR count). The molecule has 1 aliphatic heterocycles. The Bertz CT molecular complexity index is 1640. The molecule has 0 spiro atoms. The number of hydrogen-bond acceptors (Lipinski definition) is 9. The van der Waals surface area contributed by atoms with E-state index in [-0.39, 0.29) is 29.9 Å². The van der Waals surface area contributed by atoms with Crippen molar-refractivity contribution in [3.8, 4) is 0 Å². The average Bonchev–Trinajstić information content (AvgIpc) is 3.77. The van der Waals surface area contributed by atoms with Crippen molar-refractivity contribution in [2.24, 2.45) is 23.2 Å². The van der Waals surface area contributed by atoms with Gasteiger partial charge < -0.3 is 26.2 Å². The second-order valence-electron chi connectivity index (χ2n) is 16.2. The van der Waals surface area contributed by atoms with Gasteiger partial charge in [0.2, 0.25) is 23.5 Å². The maximum atomic E-state index is 14.7. The molecule has 2 aromatic heterocycles. The SMILES string of the molecule is CCC[C@H](NC(=O)[C@@H]1C2CCCC2CN1C(=O)[C@@H](NC(=O)[C@@H](NC(=O)c1cnccn1)C1CCCCC1)C(C)(C)C)C(=O)C(=O)N[C@@H](C)c1ccncc1. The van der Waals surface area contributed by atoms with Gasteiger partial charge in [0.1, 0.15) is 23.8 Å². The Balaban J connectivity index is 1.34. The fourth-order valence-electron chi connectivity index (χ4n) is 8.39. The molecule has 5 amide bonds. The van der Waals surface area contributed by atoms with Gasteiger partial charge in [0.15, 0.2) is 0 Å². The molecule has 0 radical (unpaired) electrons. The third-order valence-electron chi connectivity index (χ3n) is 11.3. The summed E-state index contributed by atoms with van der Waals surface area (Å²) < 4.78 is 0. The van der Waals surface area contributed by atoms with Crippen molar-refractivity contribution in [1.82, 2.24) is 41.1 Å². The van der Waals surface area contributed by atoms with Crippen molar-refractivity contribution in [1.29, 1.82) is 0 Å². The van der Waals surface area contributed by atoms with E-state index >= 15 is 0 Å². The zero-order chi connectivity index (χ0) is 39.0. The van der Waals surface area contributed by atoms with Gasteiger partial charge in [0.05, 0.1) is 18.3 Å². The summed E-state index contributed by atoms with van der Waals surface area (Å²) in [7, 11) is 0. The number of carbonyl (C=O) groups is 6. The second-order valence-corrected chi connectivity index (χ2v) is 16.2. The maximum absolute atomic E-state index is 14.7. The molecular formula is C40H56N8O6. The Morgan fingerprint density at radius 3 is 2.22 bits per heavy atom. The van der Waals surface area contributed by atoms with Crippen molar-refractivity contribution >= 4 is 35.3 Å². The van der Waals surface area contributed by atoms with E-state index in [1.165, 1.54) is 18.6 Å². The number of fused-ring (bicyclic) bond motifs is 1. The predicted molar refractivity (Wildman–Crippen MR) is 200 cm³/mol. The van der Waals surface area contributed by atoms with Crippen LogP contribution in [0.1, 0.15) is 121 Å². The largest absolute Gasteiger partial charge is 0.344 e. The lowest BCUT2D eigenvalue weighted by Crippen LogP contribution is -2.62. The number of carbonyl (C=O) groups excluding carboxylic acids is 6. The molecule has 3 aliphatic rings. The lowest BCUT2D eigenvalue weighted by molar-refractivity contribution is -0.146. The summed E-state index contributed by atoms with van der Waals surface area (Å²) in [5.41, 5.74) is 0.114. The molecule has 2 aromatic rings. The first-order chi connectivity index (χ1) is 25.8. The van der Waals surface area contributed by atoms with Crippen molar-refractivity contribution in [3.05, 3.63) is 54.4 Å². The number of pyridine rings is 1. The monoisotopic (exact) mass is 744 g/mol. The highest BCUT2D eigenvalue weighted by molar-refractivity contribution is 6.38. The minimum absolute atomic E-state index is 0.0899. The van der Waals surface area contributed by atoms with Gasteiger partial charge in [-0.05, 0) is 79.9 Å². The highest BCUT2D eigenvalue weighted by atomic mass is 16.2. The quantitative estimate of drug-likeness (QED) is 0.210. The fraction of sp³-hybridized carbons (Fsp3) is 0.625.